The van der Waals surface area contributed by atoms with Crippen molar-refractivity contribution in [3.8, 4) is 5.75 Å². The van der Waals surface area contributed by atoms with Gasteiger partial charge in [0.15, 0.2) is 0 Å². The number of ether oxygens (including phenoxy) is 2. The number of benzene rings is 2. The Kier molecular flexibility index (Phi) is 9.92. The lowest BCUT2D eigenvalue weighted by Gasteiger charge is -2.35. The predicted molar refractivity (Wildman–Crippen MR) is 144 cm³/mol. The Morgan fingerprint density at radius 3 is 2.33 bits per heavy atom. The van der Waals surface area contributed by atoms with Crippen molar-refractivity contribution in [1.82, 2.24) is 20.4 Å². The molecule has 2 fully saturated rings. The summed E-state index contributed by atoms with van der Waals surface area (Å²) in [5, 5.41) is 5.26. The number of methoxy groups -OCH3 is 1. The first-order valence-corrected chi connectivity index (χ1v) is 13.5. The van der Waals surface area contributed by atoms with Gasteiger partial charge in [0.05, 0.1) is 19.2 Å². The number of hydrogen-bond donors (Lipinski definition) is 2. The SMILES string of the molecule is COC(=O)c1ccc(COc2ccccc2CN2CCN(C(=O)CNC(=O)NC3CCC(F)(F)CC3)CC2)cc1. The van der Waals surface area contributed by atoms with Crippen LogP contribution >= 0.6 is 0 Å². The van der Waals surface area contributed by atoms with E-state index in [0.717, 1.165) is 16.9 Å². The van der Waals surface area contributed by atoms with E-state index < -0.39 is 12.0 Å². The summed E-state index contributed by atoms with van der Waals surface area (Å²) >= 11 is 0. The third kappa shape index (κ3) is 8.38. The molecule has 0 aromatic heterocycles. The van der Waals surface area contributed by atoms with Crippen molar-refractivity contribution in [1.29, 1.82) is 0 Å². The van der Waals surface area contributed by atoms with Gasteiger partial charge >= 0.3 is 12.0 Å². The Hall–Kier alpha value is -3.73. The largest absolute Gasteiger partial charge is 0.489 e. The molecule has 1 aliphatic carbocycles. The Morgan fingerprint density at radius 1 is 0.975 bits per heavy atom. The molecule has 1 aliphatic heterocycles. The molecule has 2 aromatic carbocycles. The van der Waals surface area contributed by atoms with Crippen molar-refractivity contribution in [3.63, 3.8) is 0 Å². The minimum Gasteiger partial charge on any atom is -0.489 e. The number of urea groups is 1. The minimum absolute atomic E-state index is 0.133. The first-order chi connectivity index (χ1) is 19.2. The van der Waals surface area contributed by atoms with Crippen LogP contribution in [0.3, 0.4) is 0 Å². The lowest BCUT2D eigenvalue weighted by molar-refractivity contribution is -0.131. The fourth-order valence-corrected chi connectivity index (χ4v) is 4.88. The first-order valence-electron chi connectivity index (χ1n) is 13.5. The number of rotatable bonds is 9. The van der Waals surface area contributed by atoms with Crippen LogP contribution in [-0.4, -0.2) is 79.5 Å². The molecule has 2 aromatic rings. The molecule has 3 amide bonds. The van der Waals surface area contributed by atoms with Gasteiger partial charge in [-0.15, -0.1) is 0 Å². The molecule has 1 saturated heterocycles. The van der Waals surface area contributed by atoms with E-state index in [1.54, 1.807) is 17.0 Å². The summed E-state index contributed by atoms with van der Waals surface area (Å²) in [6.45, 7) is 3.32. The normalized spacial score (nSPS) is 17.6. The molecule has 1 heterocycles. The van der Waals surface area contributed by atoms with Crippen molar-refractivity contribution >= 4 is 17.9 Å². The zero-order chi connectivity index (χ0) is 28.5. The van der Waals surface area contributed by atoms with Crippen molar-refractivity contribution in [3.05, 3.63) is 65.2 Å². The zero-order valence-electron chi connectivity index (χ0n) is 22.7. The number of hydrogen-bond acceptors (Lipinski definition) is 6. The summed E-state index contributed by atoms with van der Waals surface area (Å²) < 4.78 is 37.4. The number of alkyl halides is 2. The van der Waals surface area contributed by atoms with E-state index in [9.17, 15) is 23.2 Å². The van der Waals surface area contributed by atoms with Crippen LogP contribution in [0.1, 0.15) is 47.2 Å². The molecular formula is C29H36F2N4O5. The van der Waals surface area contributed by atoms with Crippen LogP contribution in [-0.2, 0) is 22.7 Å². The van der Waals surface area contributed by atoms with Gasteiger partial charge in [0.25, 0.3) is 0 Å². The molecular weight excluding hydrogens is 522 g/mol. The van der Waals surface area contributed by atoms with Gasteiger partial charge in [-0.1, -0.05) is 30.3 Å². The smallest absolute Gasteiger partial charge is 0.337 e. The molecule has 9 nitrogen and oxygen atoms in total. The van der Waals surface area contributed by atoms with Crippen LogP contribution in [0.5, 0.6) is 5.75 Å². The topological polar surface area (TPSA) is 100 Å². The molecule has 11 heteroatoms. The maximum absolute atomic E-state index is 13.3. The number of piperazine rings is 1. The summed E-state index contributed by atoms with van der Waals surface area (Å²) in [7, 11) is 1.35. The maximum Gasteiger partial charge on any atom is 0.337 e. The Morgan fingerprint density at radius 2 is 1.65 bits per heavy atom. The second kappa shape index (κ2) is 13.6. The highest BCUT2D eigenvalue weighted by Gasteiger charge is 2.35. The highest BCUT2D eigenvalue weighted by molar-refractivity contribution is 5.89. The highest BCUT2D eigenvalue weighted by Crippen LogP contribution is 2.33. The third-order valence-corrected chi connectivity index (χ3v) is 7.31. The van der Waals surface area contributed by atoms with Crippen LogP contribution in [0.2, 0.25) is 0 Å². The summed E-state index contributed by atoms with van der Waals surface area (Å²) in [6.07, 6.45) is -0.00265. The van der Waals surface area contributed by atoms with Crippen molar-refractivity contribution in [2.24, 2.45) is 0 Å². The number of esters is 1. The van der Waals surface area contributed by atoms with Gasteiger partial charge in [-0.2, -0.15) is 0 Å². The Bertz CT molecular complexity index is 1160. The lowest BCUT2D eigenvalue weighted by atomic mass is 9.92. The van der Waals surface area contributed by atoms with E-state index in [1.807, 2.05) is 36.4 Å². The Labute approximate surface area is 232 Å². The van der Waals surface area contributed by atoms with E-state index in [1.165, 1.54) is 7.11 Å². The average molecular weight is 559 g/mol. The fraction of sp³-hybridized carbons (Fsp3) is 0.483. The van der Waals surface area contributed by atoms with Crippen LogP contribution in [0, 0.1) is 0 Å². The predicted octanol–water partition coefficient (Wildman–Crippen LogP) is 3.57. The molecule has 0 bridgehead atoms. The quantitative estimate of drug-likeness (QED) is 0.457. The number of nitrogens with zero attached hydrogens (tertiary/aromatic N) is 2. The van der Waals surface area contributed by atoms with E-state index in [4.69, 9.17) is 9.47 Å². The molecule has 1 saturated carbocycles. The van der Waals surface area contributed by atoms with Crippen LogP contribution in [0.15, 0.2) is 48.5 Å². The molecule has 2 aliphatic rings. The van der Waals surface area contributed by atoms with Gasteiger partial charge in [-0.25, -0.2) is 18.4 Å². The Balaban J connectivity index is 1.18. The second-order valence-corrected chi connectivity index (χ2v) is 10.2. The van der Waals surface area contributed by atoms with E-state index in [0.29, 0.717) is 44.9 Å². The molecule has 216 valence electrons. The van der Waals surface area contributed by atoms with Gasteiger partial charge < -0.3 is 25.0 Å². The number of carbonyl (C=O) groups is 3. The molecule has 0 spiro atoms. The first kappa shape index (κ1) is 29.3. The fourth-order valence-electron chi connectivity index (χ4n) is 4.88. The standard InChI is InChI=1S/C29H36F2N4O5/c1-39-27(37)22-8-6-21(7-9-22)20-40-25-5-3-2-4-23(25)19-34-14-16-35(17-15-34)26(36)18-32-28(38)33-24-10-12-29(30,31)13-11-24/h2-9,24H,10-20H2,1H3,(H2,32,33,38). The number of nitrogens with one attached hydrogen (secondary N) is 2. The number of amides is 3. The van der Waals surface area contributed by atoms with Crippen molar-refractivity contribution in [2.45, 2.75) is 50.8 Å². The summed E-state index contributed by atoms with van der Waals surface area (Å²) in [4.78, 5) is 40.3. The van der Waals surface area contributed by atoms with Gasteiger partial charge in [-0.3, -0.25) is 9.69 Å². The third-order valence-electron chi connectivity index (χ3n) is 7.31. The molecule has 0 radical (unpaired) electrons. The number of halogens is 2. The zero-order valence-corrected chi connectivity index (χ0v) is 22.7. The lowest BCUT2D eigenvalue weighted by Crippen LogP contribution is -2.52. The van der Waals surface area contributed by atoms with Crippen LogP contribution < -0.4 is 15.4 Å². The van der Waals surface area contributed by atoms with Gasteiger partial charge in [0, 0.05) is 57.2 Å². The summed E-state index contributed by atoms with van der Waals surface area (Å²) in [5.41, 5.74) is 2.45. The minimum atomic E-state index is -2.65. The monoisotopic (exact) mass is 558 g/mol. The van der Waals surface area contributed by atoms with E-state index in [-0.39, 0.29) is 50.1 Å². The number of carbonyl (C=O) groups excluding carboxylic acids is 3. The molecule has 0 unspecified atom stereocenters. The van der Waals surface area contributed by atoms with Gasteiger partial charge in [0.2, 0.25) is 11.8 Å². The van der Waals surface area contributed by atoms with E-state index in [2.05, 4.69) is 15.5 Å². The summed E-state index contributed by atoms with van der Waals surface area (Å²) in [5.74, 6) is -2.43. The average Bonchev–Trinajstić information content (AvgIpc) is 2.97. The van der Waals surface area contributed by atoms with E-state index >= 15 is 0 Å². The molecule has 4 rings (SSSR count). The second-order valence-electron chi connectivity index (χ2n) is 10.2. The highest BCUT2D eigenvalue weighted by atomic mass is 19.3. The molecule has 2 N–H and O–H groups in total. The summed E-state index contributed by atoms with van der Waals surface area (Å²) in [6, 6.07) is 14.1. The van der Waals surface area contributed by atoms with Crippen molar-refractivity contribution in [2.75, 3.05) is 39.8 Å². The maximum atomic E-state index is 13.3. The molecule has 0 atom stereocenters. The van der Waals surface area contributed by atoms with Crippen molar-refractivity contribution < 1.29 is 32.6 Å². The van der Waals surface area contributed by atoms with Gasteiger partial charge in [-0.05, 0) is 36.6 Å². The molecule has 40 heavy (non-hydrogen) atoms. The van der Waals surface area contributed by atoms with Crippen LogP contribution in [0.25, 0.3) is 0 Å². The van der Waals surface area contributed by atoms with Crippen LogP contribution in [0.4, 0.5) is 13.6 Å². The van der Waals surface area contributed by atoms with Gasteiger partial charge in [0.1, 0.15) is 12.4 Å². The number of para-hydroxylation sites is 1.